The molecule has 3 rings (SSSR count). The zero-order chi connectivity index (χ0) is 13.2. The zero-order valence-electron chi connectivity index (χ0n) is 10.3. The van der Waals surface area contributed by atoms with Crippen LogP contribution in [-0.2, 0) is 0 Å². The lowest BCUT2D eigenvalue weighted by Crippen LogP contribution is -2.01. The summed E-state index contributed by atoms with van der Waals surface area (Å²) in [4.78, 5) is 4.30. The van der Waals surface area contributed by atoms with Gasteiger partial charge in [0.05, 0.1) is 5.52 Å². The number of rotatable bonds is 2. The van der Waals surface area contributed by atoms with Crippen LogP contribution in [0.5, 0.6) is 0 Å². The normalized spacial score (nSPS) is 12.5. The largest absolute Gasteiger partial charge is 0.399 e. The van der Waals surface area contributed by atoms with Gasteiger partial charge in [-0.3, -0.25) is 4.98 Å². The van der Waals surface area contributed by atoms with Gasteiger partial charge in [-0.15, -0.1) is 0 Å². The maximum Gasteiger partial charge on any atom is 0.105 e. The minimum absolute atomic E-state index is 0.673. The number of anilines is 1. The quantitative estimate of drug-likeness (QED) is 0.687. The summed E-state index contributed by atoms with van der Waals surface area (Å²) in [5, 5.41) is 11.5. The molecule has 1 unspecified atom stereocenters. The van der Waals surface area contributed by atoms with Crippen LogP contribution in [0.2, 0.25) is 0 Å². The molecule has 0 saturated heterocycles. The van der Waals surface area contributed by atoms with Crippen LogP contribution in [0, 0.1) is 0 Å². The van der Waals surface area contributed by atoms with E-state index in [9.17, 15) is 5.11 Å². The number of aromatic nitrogens is 1. The average molecular weight is 250 g/mol. The maximum atomic E-state index is 10.5. The highest BCUT2D eigenvalue weighted by Gasteiger charge is 2.13. The highest BCUT2D eigenvalue weighted by atomic mass is 16.3. The first kappa shape index (κ1) is 11.7. The second-order valence-corrected chi connectivity index (χ2v) is 4.49. The minimum Gasteiger partial charge on any atom is -0.399 e. The Bertz CT molecular complexity index is 702. The predicted molar refractivity (Wildman–Crippen MR) is 76.7 cm³/mol. The summed E-state index contributed by atoms with van der Waals surface area (Å²) in [6, 6.07) is 16.9. The molecular weight excluding hydrogens is 236 g/mol. The zero-order valence-corrected chi connectivity index (χ0v) is 10.3. The van der Waals surface area contributed by atoms with E-state index in [1.807, 2.05) is 42.5 Å². The first-order valence-corrected chi connectivity index (χ1v) is 6.13. The fourth-order valence-corrected chi connectivity index (χ4v) is 2.22. The number of aliphatic hydroxyl groups is 1. The van der Waals surface area contributed by atoms with Gasteiger partial charge in [-0.1, -0.05) is 30.3 Å². The summed E-state index contributed by atoms with van der Waals surface area (Å²) >= 11 is 0. The number of nitrogens with zero attached hydrogens (tertiary/aromatic N) is 1. The van der Waals surface area contributed by atoms with Crippen LogP contribution in [0.15, 0.2) is 60.8 Å². The number of pyridine rings is 1. The summed E-state index contributed by atoms with van der Waals surface area (Å²) in [6.07, 6.45) is 1.08. The number of hydrogen-bond acceptors (Lipinski definition) is 3. The Morgan fingerprint density at radius 3 is 2.53 bits per heavy atom. The monoisotopic (exact) mass is 250 g/mol. The lowest BCUT2D eigenvalue weighted by Gasteiger charge is -2.14. The van der Waals surface area contributed by atoms with E-state index in [-0.39, 0.29) is 0 Å². The summed E-state index contributed by atoms with van der Waals surface area (Å²) in [7, 11) is 0. The molecule has 1 heterocycles. The lowest BCUT2D eigenvalue weighted by atomic mass is 9.97. The standard InChI is InChI=1S/C16H14N2O/c17-12-8-6-11(7-9-12)16(19)14-3-1-5-15-13(14)4-2-10-18-15/h1-10,16,19H,17H2. The average Bonchev–Trinajstić information content (AvgIpc) is 2.47. The molecule has 0 aliphatic heterocycles. The maximum absolute atomic E-state index is 10.5. The smallest absolute Gasteiger partial charge is 0.105 e. The van der Waals surface area contributed by atoms with E-state index in [1.165, 1.54) is 0 Å². The molecule has 0 radical (unpaired) electrons. The molecule has 3 heteroatoms. The molecule has 19 heavy (non-hydrogen) atoms. The molecule has 0 aliphatic carbocycles. The van der Waals surface area contributed by atoms with Gasteiger partial charge >= 0.3 is 0 Å². The second kappa shape index (κ2) is 4.71. The molecule has 0 bridgehead atoms. The van der Waals surface area contributed by atoms with E-state index in [2.05, 4.69) is 4.98 Å². The van der Waals surface area contributed by atoms with Gasteiger partial charge in [-0.2, -0.15) is 0 Å². The van der Waals surface area contributed by atoms with E-state index < -0.39 is 6.10 Å². The van der Waals surface area contributed by atoms with Crippen molar-refractivity contribution in [3.63, 3.8) is 0 Å². The van der Waals surface area contributed by atoms with E-state index in [1.54, 1.807) is 18.3 Å². The van der Waals surface area contributed by atoms with E-state index in [0.29, 0.717) is 5.69 Å². The molecule has 0 spiro atoms. The molecule has 0 aliphatic rings. The third kappa shape index (κ3) is 2.16. The van der Waals surface area contributed by atoms with Crippen LogP contribution in [-0.4, -0.2) is 10.1 Å². The Hall–Kier alpha value is -2.39. The summed E-state index contributed by atoms with van der Waals surface area (Å²) in [5.74, 6) is 0. The van der Waals surface area contributed by atoms with Crippen LogP contribution in [0.4, 0.5) is 5.69 Å². The van der Waals surface area contributed by atoms with Gasteiger partial charge in [-0.25, -0.2) is 0 Å². The summed E-state index contributed by atoms with van der Waals surface area (Å²) in [5.41, 5.74) is 8.92. The van der Waals surface area contributed by atoms with E-state index in [0.717, 1.165) is 22.0 Å². The van der Waals surface area contributed by atoms with Crippen LogP contribution in [0.3, 0.4) is 0 Å². The Balaban J connectivity index is 2.11. The van der Waals surface area contributed by atoms with Gasteiger partial charge in [0.15, 0.2) is 0 Å². The van der Waals surface area contributed by atoms with Gasteiger partial charge in [0.2, 0.25) is 0 Å². The van der Waals surface area contributed by atoms with Crippen LogP contribution < -0.4 is 5.73 Å². The highest BCUT2D eigenvalue weighted by Crippen LogP contribution is 2.28. The van der Waals surface area contributed by atoms with Crippen molar-refractivity contribution in [3.8, 4) is 0 Å². The van der Waals surface area contributed by atoms with Crippen LogP contribution in [0.1, 0.15) is 17.2 Å². The molecular formula is C16H14N2O. The Morgan fingerprint density at radius 1 is 0.947 bits per heavy atom. The molecule has 2 aromatic carbocycles. The fraction of sp³-hybridized carbons (Fsp3) is 0.0625. The first-order valence-electron chi connectivity index (χ1n) is 6.13. The SMILES string of the molecule is Nc1ccc(C(O)c2cccc3ncccc23)cc1. The Labute approximate surface area is 111 Å². The third-order valence-corrected chi connectivity index (χ3v) is 3.23. The van der Waals surface area contributed by atoms with Gasteiger partial charge in [0, 0.05) is 17.3 Å². The van der Waals surface area contributed by atoms with Gasteiger partial charge in [0.1, 0.15) is 6.10 Å². The summed E-state index contributed by atoms with van der Waals surface area (Å²) < 4.78 is 0. The van der Waals surface area contributed by atoms with Crippen LogP contribution in [0.25, 0.3) is 10.9 Å². The topological polar surface area (TPSA) is 59.1 Å². The number of nitrogens with two attached hydrogens (primary N) is 1. The van der Waals surface area contributed by atoms with Crippen molar-refractivity contribution in [2.75, 3.05) is 5.73 Å². The first-order chi connectivity index (χ1) is 9.25. The highest BCUT2D eigenvalue weighted by molar-refractivity contribution is 5.82. The molecule has 3 N–H and O–H groups in total. The second-order valence-electron chi connectivity index (χ2n) is 4.49. The lowest BCUT2D eigenvalue weighted by molar-refractivity contribution is 0.222. The van der Waals surface area contributed by atoms with Crippen molar-refractivity contribution in [2.24, 2.45) is 0 Å². The fourth-order valence-electron chi connectivity index (χ4n) is 2.22. The third-order valence-electron chi connectivity index (χ3n) is 3.23. The molecule has 3 nitrogen and oxygen atoms in total. The molecule has 94 valence electrons. The van der Waals surface area contributed by atoms with Crippen molar-refractivity contribution in [1.29, 1.82) is 0 Å². The minimum atomic E-state index is -0.673. The molecule has 0 saturated carbocycles. The van der Waals surface area contributed by atoms with Crippen molar-refractivity contribution in [1.82, 2.24) is 4.98 Å². The number of nitrogen functional groups attached to an aromatic ring is 1. The molecule has 0 fully saturated rings. The van der Waals surface area contributed by atoms with Gasteiger partial charge in [-0.05, 0) is 35.4 Å². The van der Waals surface area contributed by atoms with Crippen molar-refractivity contribution in [2.45, 2.75) is 6.10 Å². The van der Waals surface area contributed by atoms with Crippen molar-refractivity contribution in [3.05, 3.63) is 71.9 Å². The number of fused-ring (bicyclic) bond motifs is 1. The van der Waals surface area contributed by atoms with Crippen molar-refractivity contribution < 1.29 is 5.11 Å². The van der Waals surface area contributed by atoms with Gasteiger partial charge in [0.25, 0.3) is 0 Å². The molecule has 1 atom stereocenters. The molecule has 0 amide bonds. The number of benzene rings is 2. The molecule has 3 aromatic rings. The van der Waals surface area contributed by atoms with Gasteiger partial charge < -0.3 is 10.8 Å². The number of hydrogen-bond donors (Lipinski definition) is 2. The van der Waals surface area contributed by atoms with E-state index in [4.69, 9.17) is 5.73 Å². The van der Waals surface area contributed by atoms with Crippen molar-refractivity contribution >= 4 is 16.6 Å². The Kier molecular flexibility index (Phi) is 2.89. The predicted octanol–water partition coefficient (Wildman–Crippen LogP) is 2.90. The molecule has 1 aromatic heterocycles. The van der Waals surface area contributed by atoms with Crippen LogP contribution >= 0.6 is 0 Å². The number of aliphatic hydroxyl groups excluding tert-OH is 1. The Morgan fingerprint density at radius 2 is 1.74 bits per heavy atom. The van der Waals surface area contributed by atoms with E-state index >= 15 is 0 Å². The summed E-state index contributed by atoms with van der Waals surface area (Å²) in [6.45, 7) is 0.